The monoisotopic (exact) mass is 172 g/mol. The summed E-state index contributed by atoms with van der Waals surface area (Å²) in [7, 11) is 0. The average Bonchev–Trinajstić information content (AvgIpc) is 2.52. The molecular formula is C8H20N4. The Bertz CT molecular complexity index is 154. The zero-order chi connectivity index (χ0) is 8.81. The van der Waals surface area contributed by atoms with E-state index >= 15 is 0 Å². The molecule has 2 aliphatic heterocycles. The van der Waals surface area contributed by atoms with Crippen molar-refractivity contribution in [2.75, 3.05) is 13.1 Å². The summed E-state index contributed by atoms with van der Waals surface area (Å²) in [5.41, 5.74) is 11.5. The van der Waals surface area contributed by atoms with E-state index < -0.39 is 0 Å². The summed E-state index contributed by atoms with van der Waals surface area (Å²) < 4.78 is 0. The van der Waals surface area contributed by atoms with Gasteiger partial charge in [-0.3, -0.25) is 0 Å². The molecular weight excluding hydrogens is 152 g/mol. The number of nitrogens with one attached hydrogen (secondary N) is 4. The smallest absolute Gasteiger partial charge is 0.0621 e. The van der Waals surface area contributed by atoms with E-state index in [1.165, 1.54) is 17.8 Å². The normalized spacial score (nSPS) is 20.2. The van der Waals surface area contributed by atoms with Crippen LogP contribution in [0.4, 0.5) is 0 Å². The molecule has 0 aromatic heterocycles. The summed E-state index contributed by atoms with van der Waals surface area (Å²) in [5.74, 6) is 0. The minimum absolute atomic E-state index is 0. The summed E-state index contributed by atoms with van der Waals surface area (Å²) in [5, 5.41) is 3.26. The van der Waals surface area contributed by atoms with Gasteiger partial charge in [0.2, 0.25) is 0 Å². The summed E-state index contributed by atoms with van der Waals surface area (Å²) in [6, 6.07) is 0. The predicted octanol–water partition coefficient (Wildman–Crippen LogP) is 0.466. The third kappa shape index (κ3) is 2.39. The first-order valence-electron chi connectivity index (χ1n) is 4.58. The molecule has 0 radical (unpaired) electrons. The number of hydrazine groups is 2. The number of hydrogen-bond acceptors (Lipinski definition) is 4. The van der Waals surface area contributed by atoms with Gasteiger partial charge in [-0.1, -0.05) is 20.3 Å². The summed E-state index contributed by atoms with van der Waals surface area (Å²) in [6.45, 7) is 6.28. The van der Waals surface area contributed by atoms with Gasteiger partial charge >= 0.3 is 0 Å². The summed E-state index contributed by atoms with van der Waals surface area (Å²) in [6.07, 6.45) is 2.34. The highest BCUT2D eigenvalue weighted by Crippen LogP contribution is 2.07. The molecule has 0 fully saturated rings. The molecule has 0 aliphatic carbocycles. The van der Waals surface area contributed by atoms with Crippen molar-refractivity contribution in [3.05, 3.63) is 11.4 Å². The topological polar surface area (TPSA) is 48.1 Å². The fourth-order valence-corrected chi connectivity index (χ4v) is 1.12. The van der Waals surface area contributed by atoms with Crippen molar-refractivity contribution in [2.24, 2.45) is 0 Å². The Balaban J connectivity index is 0.000000324. The first-order chi connectivity index (χ1) is 5.88. The third-order valence-corrected chi connectivity index (χ3v) is 1.64. The van der Waals surface area contributed by atoms with Gasteiger partial charge in [-0.25, -0.2) is 0 Å². The molecule has 0 unspecified atom stereocenters. The maximum atomic E-state index is 3.26. The lowest BCUT2D eigenvalue weighted by atomic mass is 10.2. The molecule has 0 aromatic carbocycles. The van der Waals surface area contributed by atoms with E-state index in [1.54, 1.807) is 0 Å². The van der Waals surface area contributed by atoms with E-state index in [0.29, 0.717) is 0 Å². The summed E-state index contributed by atoms with van der Waals surface area (Å²) >= 11 is 0. The van der Waals surface area contributed by atoms with Crippen molar-refractivity contribution in [1.29, 1.82) is 0 Å². The van der Waals surface area contributed by atoms with E-state index in [1.807, 2.05) is 0 Å². The lowest BCUT2D eigenvalue weighted by Gasteiger charge is -2.12. The molecule has 4 N–H and O–H groups in total. The van der Waals surface area contributed by atoms with E-state index in [4.69, 9.17) is 0 Å². The summed E-state index contributed by atoms with van der Waals surface area (Å²) in [4.78, 5) is 0. The second-order valence-corrected chi connectivity index (χ2v) is 2.97. The molecule has 0 saturated carbocycles. The molecule has 0 aromatic rings. The van der Waals surface area contributed by atoms with Gasteiger partial charge in [-0.2, -0.15) is 5.53 Å². The van der Waals surface area contributed by atoms with Gasteiger partial charge in [0.1, 0.15) is 0 Å². The standard InChI is InChI=1S/C5H10N4.C3H8.H2/c1-2-6-3-5-4(1)7-9-8-5;1-3-2;/h6-9H,1-3H2;3H2,1-2H3;1H. The van der Waals surface area contributed by atoms with Crippen LogP contribution in [0.1, 0.15) is 28.1 Å². The van der Waals surface area contributed by atoms with Gasteiger partial charge in [0.05, 0.1) is 11.4 Å². The van der Waals surface area contributed by atoms with Crippen LogP contribution < -0.4 is 21.7 Å². The van der Waals surface area contributed by atoms with Crippen molar-refractivity contribution >= 4 is 0 Å². The molecule has 4 nitrogen and oxygen atoms in total. The average molecular weight is 172 g/mol. The molecule has 0 amide bonds. The van der Waals surface area contributed by atoms with Crippen LogP contribution in [-0.2, 0) is 0 Å². The Morgan fingerprint density at radius 3 is 2.58 bits per heavy atom. The fraction of sp³-hybridized carbons (Fsp3) is 0.750. The first kappa shape index (κ1) is 9.35. The zero-order valence-electron chi connectivity index (χ0n) is 7.83. The predicted molar refractivity (Wildman–Crippen MR) is 52.0 cm³/mol. The van der Waals surface area contributed by atoms with Crippen LogP contribution in [0, 0.1) is 0 Å². The molecule has 72 valence electrons. The van der Waals surface area contributed by atoms with Crippen LogP contribution in [0.2, 0.25) is 0 Å². The Labute approximate surface area is 75.2 Å². The van der Waals surface area contributed by atoms with Crippen LogP contribution in [0.5, 0.6) is 0 Å². The molecule has 0 atom stereocenters. The molecule has 2 aliphatic rings. The SMILES string of the molecule is C1CC2=C(CN1)NNN2.CCC.[HH]. The fourth-order valence-electron chi connectivity index (χ4n) is 1.12. The highest BCUT2D eigenvalue weighted by molar-refractivity contribution is 5.17. The largest absolute Gasteiger partial charge is 0.311 e. The second kappa shape index (κ2) is 5.00. The maximum Gasteiger partial charge on any atom is 0.0621 e. The molecule has 4 heteroatoms. The van der Waals surface area contributed by atoms with Crippen molar-refractivity contribution in [2.45, 2.75) is 26.7 Å². The van der Waals surface area contributed by atoms with E-state index in [-0.39, 0.29) is 1.43 Å². The van der Waals surface area contributed by atoms with E-state index in [0.717, 1.165) is 19.5 Å². The molecule has 12 heavy (non-hydrogen) atoms. The van der Waals surface area contributed by atoms with Crippen LogP contribution in [0.3, 0.4) is 0 Å². The Kier molecular flexibility index (Phi) is 3.90. The molecule has 2 rings (SSSR count). The Hall–Kier alpha value is -0.740. The molecule has 0 spiro atoms. The molecule has 0 saturated heterocycles. The van der Waals surface area contributed by atoms with Crippen LogP contribution >= 0.6 is 0 Å². The Morgan fingerprint density at radius 2 is 1.92 bits per heavy atom. The third-order valence-electron chi connectivity index (χ3n) is 1.64. The van der Waals surface area contributed by atoms with Crippen LogP contribution in [0.25, 0.3) is 0 Å². The number of hydrogen-bond donors (Lipinski definition) is 4. The minimum Gasteiger partial charge on any atom is -0.311 e. The maximum absolute atomic E-state index is 3.26. The highest BCUT2D eigenvalue weighted by Gasteiger charge is 2.15. The van der Waals surface area contributed by atoms with Crippen molar-refractivity contribution in [3.63, 3.8) is 0 Å². The second-order valence-electron chi connectivity index (χ2n) is 2.97. The van der Waals surface area contributed by atoms with Gasteiger partial charge in [-0.05, 0) is 0 Å². The van der Waals surface area contributed by atoms with Crippen molar-refractivity contribution in [3.8, 4) is 0 Å². The quantitative estimate of drug-likeness (QED) is 0.429. The van der Waals surface area contributed by atoms with Gasteiger partial charge in [0, 0.05) is 20.9 Å². The Morgan fingerprint density at radius 1 is 1.25 bits per heavy atom. The highest BCUT2D eigenvalue weighted by atomic mass is 15.6. The van der Waals surface area contributed by atoms with Crippen molar-refractivity contribution < 1.29 is 1.43 Å². The molecule has 0 bridgehead atoms. The van der Waals surface area contributed by atoms with Crippen molar-refractivity contribution in [1.82, 2.24) is 21.7 Å². The molecule has 2 heterocycles. The van der Waals surface area contributed by atoms with Gasteiger partial charge in [-0.15, -0.1) is 0 Å². The van der Waals surface area contributed by atoms with Crippen LogP contribution in [0.15, 0.2) is 11.4 Å². The van der Waals surface area contributed by atoms with Gasteiger partial charge < -0.3 is 16.2 Å². The zero-order valence-corrected chi connectivity index (χ0v) is 7.83. The van der Waals surface area contributed by atoms with Gasteiger partial charge in [0.15, 0.2) is 0 Å². The number of rotatable bonds is 0. The first-order valence-corrected chi connectivity index (χ1v) is 4.58. The van der Waals surface area contributed by atoms with Crippen LogP contribution in [-0.4, -0.2) is 13.1 Å². The lowest BCUT2D eigenvalue weighted by Crippen LogP contribution is -2.33. The van der Waals surface area contributed by atoms with E-state index in [2.05, 4.69) is 35.6 Å². The van der Waals surface area contributed by atoms with E-state index in [9.17, 15) is 0 Å². The van der Waals surface area contributed by atoms with Gasteiger partial charge in [0.25, 0.3) is 0 Å². The minimum atomic E-state index is 0. The lowest BCUT2D eigenvalue weighted by molar-refractivity contribution is 0.586.